The van der Waals surface area contributed by atoms with Crippen molar-refractivity contribution in [3.8, 4) is 5.75 Å². The zero-order valence-electron chi connectivity index (χ0n) is 11.5. The van der Waals surface area contributed by atoms with Gasteiger partial charge in [-0.1, -0.05) is 24.6 Å². The molecule has 0 aliphatic rings. The molecule has 0 fully saturated rings. The molecule has 17 heavy (non-hydrogen) atoms. The highest BCUT2D eigenvalue weighted by molar-refractivity contribution is 5.35. The van der Waals surface area contributed by atoms with E-state index in [-0.39, 0.29) is 0 Å². The van der Waals surface area contributed by atoms with E-state index in [1.165, 1.54) is 17.5 Å². The Morgan fingerprint density at radius 2 is 2.06 bits per heavy atom. The van der Waals surface area contributed by atoms with Gasteiger partial charge >= 0.3 is 0 Å². The van der Waals surface area contributed by atoms with Gasteiger partial charge in [0.05, 0.1) is 6.61 Å². The summed E-state index contributed by atoms with van der Waals surface area (Å²) in [5, 5.41) is 3.46. The number of ether oxygens (including phenoxy) is 1. The Hall–Kier alpha value is -1.02. The van der Waals surface area contributed by atoms with E-state index in [9.17, 15) is 0 Å². The standard InChI is InChI=1S/C15H25NO/c1-5-9-16-14(4)8-10-17-15-7-6-12(2)11-13(15)3/h6-7,11,14,16H,5,8-10H2,1-4H3. The van der Waals surface area contributed by atoms with E-state index in [1.54, 1.807) is 0 Å². The van der Waals surface area contributed by atoms with Gasteiger partial charge in [-0.05, 0) is 51.8 Å². The maximum Gasteiger partial charge on any atom is 0.122 e. The fourth-order valence-electron chi connectivity index (χ4n) is 1.80. The summed E-state index contributed by atoms with van der Waals surface area (Å²) in [5.41, 5.74) is 2.51. The van der Waals surface area contributed by atoms with Gasteiger partial charge in [0, 0.05) is 6.04 Å². The van der Waals surface area contributed by atoms with Crippen LogP contribution in [0.3, 0.4) is 0 Å². The maximum atomic E-state index is 5.80. The molecule has 1 rings (SSSR count). The Kier molecular flexibility index (Phi) is 6.06. The molecular formula is C15H25NO. The van der Waals surface area contributed by atoms with Crippen LogP contribution in [0.2, 0.25) is 0 Å². The molecule has 96 valence electrons. The normalized spacial score (nSPS) is 12.5. The van der Waals surface area contributed by atoms with Crippen LogP contribution >= 0.6 is 0 Å². The quantitative estimate of drug-likeness (QED) is 0.781. The third-order valence-corrected chi connectivity index (χ3v) is 2.88. The molecule has 1 aromatic rings. The van der Waals surface area contributed by atoms with E-state index in [0.29, 0.717) is 6.04 Å². The van der Waals surface area contributed by atoms with Crippen molar-refractivity contribution in [3.63, 3.8) is 0 Å². The van der Waals surface area contributed by atoms with E-state index >= 15 is 0 Å². The first-order valence-electron chi connectivity index (χ1n) is 6.57. The first kappa shape index (κ1) is 14.0. The molecule has 1 atom stereocenters. The Morgan fingerprint density at radius 3 is 2.71 bits per heavy atom. The summed E-state index contributed by atoms with van der Waals surface area (Å²) in [4.78, 5) is 0. The summed E-state index contributed by atoms with van der Waals surface area (Å²) >= 11 is 0. The second-order valence-corrected chi connectivity index (χ2v) is 4.76. The van der Waals surface area contributed by atoms with E-state index in [1.807, 2.05) is 0 Å². The Morgan fingerprint density at radius 1 is 1.29 bits per heavy atom. The van der Waals surface area contributed by atoms with Crippen molar-refractivity contribution in [2.75, 3.05) is 13.2 Å². The predicted molar refractivity (Wildman–Crippen MR) is 73.8 cm³/mol. The first-order valence-corrected chi connectivity index (χ1v) is 6.57. The van der Waals surface area contributed by atoms with Crippen LogP contribution < -0.4 is 10.1 Å². The zero-order valence-corrected chi connectivity index (χ0v) is 11.5. The van der Waals surface area contributed by atoms with Gasteiger partial charge in [-0.15, -0.1) is 0 Å². The van der Waals surface area contributed by atoms with Gasteiger partial charge in [0.1, 0.15) is 5.75 Å². The van der Waals surface area contributed by atoms with Crippen LogP contribution in [0.4, 0.5) is 0 Å². The van der Waals surface area contributed by atoms with E-state index in [0.717, 1.165) is 25.3 Å². The molecule has 0 aliphatic heterocycles. The molecular weight excluding hydrogens is 210 g/mol. The molecule has 1 unspecified atom stereocenters. The second kappa shape index (κ2) is 7.33. The highest BCUT2D eigenvalue weighted by Gasteiger charge is 2.02. The van der Waals surface area contributed by atoms with Crippen LogP contribution in [0.25, 0.3) is 0 Å². The molecule has 1 aromatic carbocycles. The highest BCUT2D eigenvalue weighted by Crippen LogP contribution is 2.18. The third kappa shape index (κ3) is 5.22. The minimum absolute atomic E-state index is 0.528. The number of nitrogens with one attached hydrogen (secondary N) is 1. The van der Waals surface area contributed by atoms with Crippen molar-refractivity contribution in [1.29, 1.82) is 0 Å². The predicted octanol–water partition coefficient (Wildman–Crippen LogP) is 3.46. The van der Waals surface area contributed by atoms with E-state index in [4.69, 9.17) is 4.74 Å². The molecule has 1 N–H and O–H groups in total. The number of hydrogen-bond donors (Lipinski definition) is 1. The monoisotopic (exact) mass is 235 g/mol. The molecule has 0 bridgehead atoms. The molecule has 0 amide bonds. The van der Waals surface area contributed by atoms with Crippen molar-refractivity contribution < 1.29 is 4.74 Å². The summed E-state index contributed by atoms with van der Waals surface area (Å²) < 4.78 is 5.80. The van der Waals surface area contributed by atoms with Gasteiger partial charge in [-0.2, -0.15) is 0 Å². The molecule has 0 aliphatic carbocycles. The van der Waals surface area contributed by atoms with Gasteiger partial charge in [0.15, 0.2) is 0 Å². The van der Waals surface area contributed by atoms with Crippen LogP contribution in [0.5, 0.6) is 5.75 Å². The van der Waals surface area contributed by atoms with Crippen LogP contribution in [-0.2, 0) is 0 Å². The second-order valence-electron chi connectivity index (χ2n) is 4.76. The third-order valence-electron chi connectivity index (χ3n) is 2.88. The number of benzene rings is 1. The number of rotatable bonds is 7. The molecule has 0 saturated carbocycles. The van der Waals surface area contributed by atoms with Gasteiger partial charge < -0.3 is 10.1 Å². The van der Waals surface area contributed by atoms with Gasteiger partial charge in [0.2, 0.25) is 0 Å². The summed E-state index contributed by atoms with van der Waals surface area (Å²) in [6.07, 6.45) is 2.23. The van der Waals surface area contributed by atoms with Gasteiger partial charge in [-0.3, -0.25) is 0 Å². The molecule has 2 nitrogen and oxygen atoms in total. The van der Waals surface area contributed by atoms with Crippen LogP contribution in [0.1, 0.15) is 37.8 Å². The average molecular weight is 235 g/mol. The average Bonchev–Trinajstić information content (AvgIpc) is 2.29. The van der Waals surface area contributed by atoms with Crippen molar-refractivity contribution in [2.24, 2.45) is 0 Å². The first-order chi connectivity index (χ1) is 8.13. The van der Waals surface area contributed by atoms with E-state index < -0.39 is 0 Å². The fourth-order valence-corrected chi connectivity index (χ4v) is 1.80. The minimum atomic E-state index is 0.528. The number of aryl methyl sites for hydroxylation is 2. The lowest BCUT2D eigenvalue weighted by Gasteiger charge is -2.14. The van der Waals surface area contributed by atoms with E-state index in [2.05, 4.69) is 51.2 Å². The summed E-state index contributed by atoms with van der Waals surface area (Å²) in [7, 11) is 0. The molecule has 2 heteroatoms. The molecule has 0 saturated heterocycles. The lowest BCUT2D eigenvalue weighted by Crippen LogP contribution is -2.28. The van der Waals surface area contributed by atoms with Crippen molar-refractivity contribution in [3.05, 3.63) is 29.3 Å². The summed E-state index contributed by atoms with van der Waals surface area (Å²) in [6.45, 7) is 10.5. The summed E-state index contributed by atoms with van der Waals surface area (Å²) in [5.74, 6) is 1.01. The highest BCUT2D eigenvalue weighted by atomic mass is 16.5. The van der Waals surface area contributed by atoms with Crippen LogP contribution in [0.15, 0.2) is 18.2 Å². The van der Waals surface area contributed by atoms with Gasteiger partial charge in [0.25, 0.3) is 0 Å². The topological polar surface area (TPSA) is 21.3 Å². The lowest BCUT2D eigenvalue weighted by atomic mass is 10.1. The van der Waals surface area contributed by atoms with Crippen molar-refractivity contribution in [1.82, 2.24) is 5.32 Å². The molecule has 0 radical (unpaired) electrons. The molecule has 0 aromatic heterocycles. The Labute approximate surface area is 105 Å². The SMILES string of the molecule is CCCNC(C)CCOc1ccc(C)cc1C. The molecule has 0 spiro atoms. The molecule has 0 heterocycles. The van der Waals surface area contributed by atoms with Gasteiger partial charge in [-0.25, -0.2) is 0 Å². The smallest absolute Gasteiger partial charge is 0.122 e. The fraction of sp³-hybridized carbons (Fsp3) is 0.600. The zero-order chi connectivity index (χ0) is 12.7. The lowest BCUT2D eigenvalue weighted by molar-refractivity contribution is 0.288. The minimum Gasteiger partial charge on any atom is -0.493 e. The van der Waals surface area contributed by atoms with Crippen LogP contribution in [-0.4, -0.2) is 19.2 Å². The van der Waals surface area contributed by atoms with Crippen molar-refractivity contribution in [2.45, 2.75) is 46.6 Å². The van der Waals surface area contributed by atoms with Crippen molar-refractivity contribution >= 4 is 0 Å². The Balaban J connectivity index is 2.30. The van der Waals surface area contributed by atoms with Crippen LogP contribution in [0, 0.1) is 13.8 Å². The maximum absolute atomic E-state index is 5.80. The Bertz CT molecular complexity index is 336. The summed E-state index contributed by atoms with van der Waals surface area (Å²) in [6, 6.07) is 6.85. The number of hydrogen-bond acceptors (Lipinski definition) is 2. The largest absolute Gasteiger partial charge is 0.493 e.